The average molecular weight is 283 g/mol. The number of halogens is 1. The molecule has 0 saturated carbocycles. The number of benzene rings is 2. The van der Waals surface area contributed by atoms with E-state index in [0.717, 1.165) is 5.56 Å². The predicted molar refractivity (Wildman–Crippen MR) is 80.0 cm³/mol. The molecule has 0 radical (unpaired) electrons. The summed E-state index contributed by atoms with van der Waals surface area (Å²) in [6, 6.07) is 12.1. The number of rotatable bonds is 2. The van der Waals surface area contributed by atoms with E-state index in [-0.39, 0.29) is 17.3 Å². The van der Waals surface area contributed by atoms with E-state index >= 15 is 0 Å². The molecule has 0 aliphatic heterocycles. The number of carbonyl (C=O) groups excluding carboxylic acids is 1. The van der Waals surface area contributed by atoms with Gasteiger partial charge in [0.2, 0.25) is 0 Å². The molecule has 0 bridgehead atoms. The number of anilines is 1. The maximum Gasteiger partial charge on any atom is 0.291 e. The normalized spacial score (nSPS) is 10.8. The van der Waals surface area contributed by atoms with Crippen molar-refractivity contribution in [2.75, 3.05) is 5.32 Å². The average Bonchev–Trinajstić information content (AvgIpc) is 2.81. The first kappa shape index (κ1) is 13.4. The van der Waals surface area contributed by atoms with Crippen LogP contribution in [-0.4, -0.2) is 5.91 Å². The lowest BCUT2D eigenvalue weighted by Crippen LogP contribution is -2.12. The zero-order valence-corrected chi connectivity index (χ0v) is 11.7. The number of carbonyl (C=O) groups is 1. The first-order valence-electron chi connectivity index (χ1n) is 6.62. The predicted octanol–water partition coefficient (Wildman–Crippen LogP) is 4.44. The number of aryl methyl sites for hydroxylation is 2. The molecule has 3 aromatic rings. The molecule has 0 aliphatic carbocycles. The van der Waals surface area contributed by atoms with E-state index in [2.05, 4.69) is 5.32 Å². The highest BCUT2D eigenvalue weighted by molar-refractivity contribution is 6.06. The number of nitrogens with one attached hydrogen (secondary N) is 1. The van der Waals surface area contributed by atoms with Crippen LogP contribution in [0.15, 0.2) is 46.9 Å². The van der Waals surface area contributed by atoms with Crippen molar-refractivity contribution in [2.24, 2.45) is 0 Å². The molecule has 0 unspecified atom stereocenters. The molecule has 1 aromatic heterocycles. The minimum Gasteiger partial charge on any atom is -0.448 e. The zero-order valence-electron chi connectivity index (χ0n) is 11.7. The lowest BCUT2D eigenvalue weighted by Gasteiger charge is -2.06. The van der Waals surface area contributed by atoms with Crippen molar-refractivity contribution in [1.82, 2.24) is 0 Å². The quantitative estimate of drug-likeness (QED) is 0.755. The minimum atomic E-state index is -0.467. The number of hydrogen-bond acceptors (Lipinski definition) is 2. The van der Waals surface area contributed by atoms with Gasteiger partial charge in [-0.25, -0.2) is 4.39 Å². The van der Waals surface area contributed by atoms with Crippen molar-refractivity contribution in [3.8, 4) is 0 Å². The third-order valence-corrected chi connectivity index (χ3v) is 3.52. The summed E-state index contributed by atoms with van der Waals surface area (Å²) in [7, 11) is 0. The molecule has 106 valence electrons. The molecular formula is C17H14FNO2. The maximum absolute atomic E-state index is 13.7. The molecule has 1 N–H and O–H groups in total. The van der Waals surface area contributed by atoms with Crippen molar-refractivity contribution < 1.29 is 13.6 Å². The molecule has 0 atom stereocenters. The van der Waals surface area contributed by atoms with E-state index in [1.807, 2.05) is 31.2 Å². The van der Waals surface area contributed by atoms with Crippen LogP contribution >= 0.6 is 0 Å². The molecule has 0 fully saturated rings. The number of para-hydroxylation sites is 2. The summed E-state index contributed by atoms with van der Waals surface area (Å²) in [6.07, 6.45) is 0. The molecule has 3 rings (SSSR count). The largest absolute Gasteiger partial charge is 0.448 e. The second-order valence-electron chi connectivity index (χ2n) is 4.94. The summed E-state index contributed by atoms with van der Waals surface area (Å²) in [5.41, 5.74) is 2.41. The van der Waals surface area contributed by atoms with Crippen molar-refractivity contribution in [2.45, 2.75) is 13.8 Å². The van der Waals surface area contributed by atoms with E-state index in [1.165, 1.54) is 6.07 Å². The van der Waals surface area contributed by atoms with Gasteiger partial charge >= 0.3 is 0 Å². The van der Waals surface area contributed by atoms with Crippen molar-refractivity contribution >= 4 is 22.6 Å². The van der Waals surface area contributed by atoms with Gasteiger partial charge in [0.1, 0.15) is 0 Å². The highest BCUT2D eigenvalue weighted by Crippen LogP contribution is 2.28. The second-order valence-corrected chi connectivity index (χ2v) is 4.94. The fourth-order valence-electron chi connectivity index (χ4n) is 2.32. The van der Waals surface area contributed by atoms with Crippen LogP contribution in [0, 0.1) is 19.7 Å². The number of furan rings is 1. The second kappa shape index (κ2) is 5.05. The van der Waals surface area contributed by atoms with E-state index in [1.54, 1.807) is 19.1 Å². The Labute approximate surface area is 121 Å². The Morgan fingerprint density at radius 3 is 2.57 bits per heavy atom. The number of fused-ring (bicyclic) bond motifs is 1. The lowest BCUT2D eigenvalue weighted by atomic mass is 10.1. The highest BCUT2D eigenvalue weighted by atomic mass is 19.1. The van der Waals surface area contributed by atoms with E-state index in [4.69, 9.17) is 4.42 Å². The van der Waals surface area contributed by atoms with Gasteiger partial charge in [-0.15, -0.1) is 0 Å². The first-order chi connectivity index (χ1) is 10.1. The Bertz CT molecular complexity index is 836. The van der Waals surface area contributed by atoms with Gasteiger partial charge in [0.05, 0.1) is 0 Å². The molecular weight excluding hydrogens is 269 g/mol. The maximum atomic E-state index is 13.7. The molecule has 0 saturated heterocycles. The summed E-state index contributed by atoms with van der Waals surface area (Å²) in [5, 5.41) is 3.41. The Morgan fingerprint density at radius 2 is 1.86 bits per heavy atom. The summed E-state index contributed by atoms with van der Waals surface area (Å²) < 4.78 is 19.1. The lowest BCUT2D eigenvalue weighted by molar-refractivity contribution is 0.0997. The van der Waals surface area contributed by atoms with Gasteiger partial charge < -0.3 is 9.73 Å². The molecule has 3 nitrogen and oxygen atoms in total. The van der Waals surface area contributed by atoms with Crippen molar-refractivity contribution in [3.63, 3.8) is 0 Å². The number of hydrogen-bond donors (Lipinski definition) is 1. The van der Waals surface area contributed by atoms with Gasteiger partial charge in [-0.3, -0.25) is 4.79 Å². The van der Waals surface area contributed by atoms with Crippen LogP contribution in [0.25, 0.3) is 11.0 Å². The highest BCUT2D eigenvalue weighted by Gasteiger charge is 2.19. The topological polar surface area (TPSA) is 42.2 Å². The van der Waals surface area contributed by atoms with Crippen LogP contribution in [0.5, 0.6) is 0 Å². The van der Waals surface area contributed by atoms with Gasteiger partial charge in [0, 0.05) is 16.6 Å². The molecule has 0 aliphatic rings. The molecule has 0 spiro atoms. The molecule has 1 heterocycles. The van der Waals surface area contributed by atoms with E-state index in [9.17, 15) is 9.18 Å². The van der Waals surface area contributed by atoms with Gasteiger partial charge in [0.15, 0.2) is 17.2 Å². The first-order valence-corrected chi connectivity index (χ1v) is 6.62. The summed E-state index contributed by atoms with van der Waals surface area (Å²) in [6.45, 7) is 3.65. The smallest absolute Gasteiger partial charge is 0.291 e. The van der Waals surface area contributed by atoms with Gasteiger partial charge in [0.25, 0.3) is 5.91 Å². The third-order valence-electron chi connectivity index (χ3n) is 3.52. The minimum absolute atomic E-state index is 0.116. The van der Waals surface area contributed by atoms with Crippen LogP contribution in [0.4, 0.5) is 10.1 Å². The standard InChI is InChI=1S/C17H14FNO2/c1-10-6-3-4-9-14(10)19-17(20)15-11(2)12-7-5-8-13(18)16(12)21-15/h3-9H,1-2H3,(H,19,20). The van der Waals surface area contributed by atoms with Gasteiger partial charge in [-0.2, -0.15) is 0 Å². The summed E-state index contributed by atoms with van der Waals surface area (Å²) in [4.78, 5) is 12.3. The molecule has 1 amide bonds. The SMILES string of the molecule is Cc1ccccc1NC(=O)c1oc2c(F)cccc2c1C. The zero-order chi connectivity index (χ0) is 15.0. The van der Waals surface area contributed by atoms with E-state index in [0.29, 0.717) is 16.6 Å². The van der Waals surface area contributed by atoms with Crippen molar-refractivity contribution in [1.29, 1.82) is 0 Å². The van der Waals surface area contributed by atoms with Crippen LogP contribution < -0.4 is 5.32 Å². The Kier molecular flexibility index (Phi) is 3.22. The Balaban J connectivity index is 2.01. The monoisotopic (exact) mass is 283 g/mol. The fraction of sp³-hybridized carbons (Fsp3) is 0.118. The fourth-order valence-corrected chi connectivity index (χ4v) is 2.32. The van der Waals surface area contributed by atoms with Crippen LogP contribution in [0.3, 0.4) is 0 Å². The third kappa shape index (κ3) is 2.29. The molecule has 21 heavy (non-hydrogen) atoms. The van der Waals surface area contributed by atoms with Crippen LogP contribution in [0.2, 0.25) is 0 Å². The van der Waals surface area contributed by atoms with E-state index < -0.39 is 5.82 Å². The number of amides is 1. The van der Waals surface area contributed by atoms with Gasteiger partial charge in [-0.1, -0.05) is 30.3 Å². The Hall–Kier alpha value is -2.62. The van der Waals surface area contributed by atoms with Gasteiger partial charge in [-0.05, 0) is 31.5 Å². The van der Waals surface area contributed by atoms with Crippen LogP contribution in [-0.2, 0) is 0 Å². The molecule has 2 aromatic carbocycles. The van der Waals surface area contributed by atoms with Crippen LogP contribution in [0.1, 0.15) is 21.7 Å². The molecule has 4 heteroatoms. The van der Waals surface area contributed by atoms with Crippen molar-refractivity contribution in [3.05, 3.63) is 65.2 Å². The summed E-state index contributed by atoms with van der Waals surface area (Å²) in [5.74, 6) is -0.707. The Morgan fingerprint density at radius 1 is 1.10 bits per heavy atom. The summed E-state index contributed by atoms with van der Waals surface area (Å²) >= 11 is 0.